The number of rotatable bonds is 3. The first-order valence-corrected chi connectivity index (χ1v) is 7.23. The van der Waals surface area contributed by atoms with E-state index < -0.39 is 0 Å². The van der Waals surface area contributed by atoms with Crippen molar-refractivity contribution in [1.29, 1.82) is 0 Å². The highest BCUT2D eigenvalue weighted by atomic mass is 79.9. The highest BCUT2D eigenvalue weighted by molar-refractivity contribution is 9.11. The Balaban J connectivity index is 2.38. The summed E-state index contributed by atoms with van der Waals surface area (Å²) in [5.74, 6) is 1.82. The SMILES string of the molecule is COc1cc(Br)c(Oc2cc(Cl)ccc2N)cc1Br. The first-order valence-electron chi connectivity index (χ1n) is 5.27. The monoisotopic (exact) mass is 405 g/mol. The molecule has 2 aromatic carbocycles. The van der Waals surface area contributed by atoms with E-state index in [1.807, 2.05) is 0 Å². The molecule has 0 aliphatic rings. The van der Waals surface area contributed by atoms with Crippen LogP contribution in [0.2, 0.25) is 5.02 Å². The quantitative estimate of drug-likeness (QED) is 0.707. The van der Waals surface area contributed by atoms with Gasteiger partial charge in [-0.25, -0.2) is 0 Å². The van der Waals surface area contributed by atoms with Crippen LogP contribution in [0.3, 0.4) is 0 Å². The second-order valence-corrected chi connectivity index (χ2v) is 5.85. The van der Waals surface area contributed by atoms with Gasteiger partial charge in [0.1, 0.15) is 11.5 Å². The number of benzene rings is 2. The molecule has 0 saturated carbocycles. The number of methoxy groups -OCH3 is 1. The van der Waals surface area contributed by atoms with Crippen LogP contribution in [-0.4, -0.2) is 7.11 Å². The molecule has 0 saturated heterocycles. The zero-order chi connectivity index (χ0) is 14.0. The third-order valence-corrected chi connectivity index (χ3v) is 3.88. The Labute approximate surface area is 132 Å². The van der Waals surface area contributed by atoms with Gasteiger partial charge in [-0.3, -0.25) is 0 Å². The molecule has 0 bridgehead atoms. The van der Waals surface area contributed by atoms with E-state index in [0.29, 0.717) is 28.0 Å². The summed E-state index contributed by atoms with van der Waals surface area (Å²) >= 11 is 12.8. The summed E-state index contributed by atoms with van der Waals surface area (Å²) in [4.78, 5) is 0. The van der Waals surface area contributed by atoms with Gasteiger partial charge in [0.2, 0.25) is 0 Å². The van der Waals surface area contributed by atoms with Crippen molar-refractivity contribution in [3.05, 3.63) is 44.3 Å². The minimum absolute atomic E-state index is 0.505. The zero-order valence-electron chi connectivity index (χ0n) is 9.91. The lowest BCUT2D eigenvalue weighted by atomic mass is 10.3. The molecule has 0 atom stereocenters. The van der Waals surface area contributed by atoms with Crippen LogP contribution in [0.15, 0.2) is 39.3 Å². The number of halogens is 3. The fourth-order valence-corrected chi connectivity index (χ4v) is 2.51. The molecule has 0 spiro atoms. The second kappa shape index (κ2) is 6.03. The number of anilines is 1. The molecule has 2 rings (SSSR count). The lowest BCUT2D eigenvalue weighted by Gasteiger charge is -2.12. The van der Waals surface area contributed by atoms with Gasteiger partial charge in [-0.1, -0.05) is 11.6 Å². The maximum Gasteiger partial charge on any atom is 0.151 e. The lowest BCUT2D eigenvalue weighted by molar-refractivity contribution is 0.409. The molecule has 0 aromatic heterocycles. The van der Waals surface area contributed by atoms with Crippen molar-refractivity contribution in [2.24, 2.45) is 0 Å². The molecule has 0 amide bonds. The number of ether oxygens (including phenoxy) is 2. The van der Waals surface area contributed by atoms with Gasteiger partial charge in [0.05, 0.1) is 21.7 Å². The highest BCUT2D eigenvalue weighted by Gasteiger charge is 2.11. The smallest absolute Gasteiger partial charge is 0.151 e. The molecule has 2 N–H and O–H groups in total. The molecule has 0 aliphatic heterocycles. The topological polar surface area (TPSA) is 44.5 Å². The van der Waals surface area contributed by atoms with Crippen LogP contribution in [0, 0.1) is 0 Å². The van der Waals surface area contributed by atoms with Crippen LogP contribution >= 0.6 is 43.5 Å². The predicted octanol–water partition coefficient (Wildman–Crippen LogP) is 5.25. The maximum absolute atomic E-state index is 5.93. The van der Waals surface area contributed by atoms with Crippen molar-refractivity contribution < 1.29 is 9.47 Å². The average Bonchev–Trinajstić information content (AvgIpc) is 2.37. The largest absolute Gasteiger partial charge is 0.496 e. The van der Waals surface area contributed by atoms with Crippen LogP contribution in [0.25, 0.3) is 0 Å². The summed E-state index contributed by atoms with van der Waals surface area (Å²) in [5, 5.41) is 0.563. The zero-order valence-corrected chi connectivity index (χ0v) is 13.8. The van der Waals surface area contributed by atoms with Crippen LogP contribution in [0.5, 0.6) is 17.2 Å². The van der Waals surface area contributed by atoms with E-state index in [1.54, 1.807) is 37.4 Å². The number of nitrogens with two attached hydrogens (primary N) is 1. The van der Waals surface area contributed by atoms with Crippen LogP contribution in [0.1, 0.15) is 0 Å². The number of hydrogen-bond acceptors (Lipinski definition) is 3. The normalized spacial score (nSPS) is 10.3. The van der Waals surface area contributed by atoms with Crippen molar-refractivity contribution >= 4 is 49.1 Å². The second-order valence-electron chi connectivity index (χ2n) is 3.70. The molecule has 0 radical (unpaired) electrons. The van der Waals surface area contributed by atoms with Crippen molar-refractivity contribution in [3.8, 4) is 17.2 Å². The minimum atomic E-state index is 0.505. The van der Waals surface area contributed by atoms with Crippen molar-refractivity contribution in [3.63, 3.8) is 0 Å². The molecule has 19 heavy (non-hydrogen) atoms. The van der Waals surface area contributed by atoms with Gasteiger partial charge in [0.15, 0.2) is 5.75 Å². The van der Waals surface area contributed by atoms with Crippen molar-refractivity contribution in [2.45, 2.75) is 0 Å². The Morgan fingerprint density at radius 2 is 1.63 bits per heavy atom. The van der Waals surface area contributed by atoms with Gasteiger partial charge >= 0.3 is 0 Å². The molecule has 0 aliphatic carbocycles. The Bertz CT molecular complexity index is 620. The fraction of sp³-hybridized carbons (Fsp3) is 0.0769. The number of nitrogen functional groups attached to an aromatic ring is 1. The van der Waals surface area contributed by atoms with Crippen LogP contribution in [-0.2, 0) is 0 Å². The summed E-state index contributed by atoms with van der Waals surface area (Å²) in [6, 6.07) is 8.68. The lowest BCUT2D eigenvalue weighted by Crippen LogP contribution is -1.93. The minimum Gasteiger partial charge on any atom is -0.496 e. The molecule has 6 heteroatoms. The van der Waals surface area contributed by atoms with E-state index in [4.69, 9.17) is 26.8 Å². The van der Waals surface area contributed by atoms with E-state index in [0.717, 1.165) is 8.95 Å². The van der Waals surface area contributed by atoms with E-state index >= 15 is 0 Å². The van der Waals surface area contributed by atoms with Gasteiger partial charge in [0.25, 0.3) is 0 Å². The fourth-order valence-electron chi connectivity index (χ4n) is 1.46. The molecule has 0 heterocycles. The summed E-state index contributed by atoms with van der Waals surface area (Å²) < 4.78 is 12.5. The van der Waals surface area contributed by atoms with Crippen LogP contribution < -0.4 is 15.2 Å². The Morgan fingerprint density at radius 3 is 2.32 bits per heavy atom. The first-order chi connectivity index (χ1) is 9.01. The van der Waals surface area contributed by atoms with Gasteiger partial charge in [-0.05, 0) is 56.1 Å². The summed E-state index contributed by atoms with van der Waals surface area (Å²) in [6.45, 7) is 0. The molecule has 0 fully saturated rings. The third kappa shape index (κ3) is 3.35. The molecular weight excluding hydrogens is 397 g/mol. The molecule has 2 aromatic rings. The Kier molecular flexibility index (Phi) is 4.60. The van der Waals surface area contributed by atoms with E-state index in [-0.39, 0.29) is 0 Å². The summed E-state index contributed by atoms with van der Waals surface area (Å²) in [6.07, 6.45) is 0. The van der Waals surface area contributed by atoms with Gasteiger partial charge < -0.3 is 15.2 Å². The molecular formula is C13H10Br2ClNO2. The van der Waals surface area contributed by atoms with Crippen LogP contribution in [0.4, 0.5) is 5.69 Å². The molecule has 100 valence electrons. The van der Waals surface area contributed by atoms with Gasteiger partial charge in [0, 0.05) is 11.1 Å². The number of hydrogen-bond donors (Lipinski definition) is 1. The van der Waals surface area contributed by atoms with Crippen molar-refractivity contribution in [2.75, 3.05) is 12.8 Å². The van der Waals surface area contributed by atoms with E-state index in [9.17, 15) is 0 Å². The average molecular weight is 407 g/mol. The predicted molar refractivity (Wildman–Crippen MR) is 84.3 cm³/mol. The standard InChI is InChI=1S/C13H10Br2ClNO2/c1-18-11-5-9(15)12(6-8(11)14)19-13-4-7(16)2-3-10(13)17/h2-6H,17H2,1H3. The molecule has 0 unspecified atom stereocenters. The van der Waals surface area contributed by atoms with Crippen molar-refractivity contribution in [1.82, 2.24) is 0 Å². The highest BCUT2D eigenvalue weighted by Crippen LogP contribution is 2.39. The third-order valence-electron chi connectivity index (χ3n) is 2.40. The first kappa shape index (κ1) is 14.5. The summed E-state index contributed by atoms with van der Waals surface area (Å²) in [7, 11) is 1.60. The van der Waals surface area contributed by atoms with Gasteiger partial charge in [-0.2, -0.15) is 0 Å². The molecule has 3 nitrogen and oxygen atoms in total. The van der Waals surface area contributed by atoms with E-state index in [2.05, 4.69) is 31.9 Å². The Morgan fingerprint density at radius 1 is 1.00 bits per heavy atom. The maximum atomic E-state index is 5.93. The summed E-state index contributed by atoms with van der Waals surface area (Å²) in [5.41, 5.74) is 6.36. The Hall–Kier alpha value is -0.910. The van der Waals surface area contributed by atoms with Gasteiger partial charge in [-0.15, -0.1) is 0 Å². The van der Waals surface area contributed by atoms with E-state index in [1.165, 1.54) is 0 Å².